The van der Waals surface area contributed by atoms with Crippen LogP contribution in [0.1, 0.15) is 203 Å². The number of carbonyl (C=O) groups is 11. The molecule has 10 N–H and O–H groups in total. The first-order chi connectivity index (χ1) is 45.5. The maximum Gasteiger partial charge on any atom is 0.410 e. The van der Waals surface area contributed by atoms with Crippen LogP contribution in [0.2, 0.25) is 0 Å². The minimum atomic E-state index is -1.29. The van der Waals surface area contributed by atoms with Gasteiger partial charge in [0.1, 0.15) is 30.5 Å². The molecule has 0 aromatic heterocycles. The number of Topliss-reactive ketones (excluding diaryl/α,β-unsaturated/α-hetero) is 2. The summed E-state index contributed by atoms with van der Waals surface area (Å²) in [6.45, 7) is 16.3. The molecule has 540 valence electrons. The first-order valence-corrected chi connectivity index (χ1v) is 36.1. The molecule has 2 aliphatic carbocycles. The van der Waals surface area contributed by atoms with Crippen molar-refractivity contribution < 1.29 is 67.3 Å². The molecule has 9 amide bonds. The second-order valence-corrected chi connectivity index (χ2v) is 29.1. The van der Waals surface area contributed by atoms with Crippen molar-refractivity contribution in [2.75, 3.05) is 46.2 Å². The third-order valence-corrected chi connectivity index (χ3v) is 20.6. The van der Waals surface area contributed by atoms with Crippen molar-refractivity contribution in [1.82, 2.24) is 36.0 Å². The molecule has 0 radical (unpaired) electrons. The van der Waals surface area contributed by atoms with Crippen LogP contribution in [0.25, 0.3) is 0 Å². The Morgan fingerprint density at radius 1 is 0.740 bits per heavy atom. The molecular formula is C71H116N10O14S. The number of allylic oxidation sites excluding steroid dienone is 2. The van der Waals surface area contributed by atoms with Crippen molar-refractivity contribution in [3.8, 4) is 0 Å². The smallest absolute Gasteiger partial charge is 0.410 e. The molecule has 1 saturated heterocycles. The lowest BCUT2D eigenvalue weighted by Gasteiger charge is -2.40. The highest BCUT2D eigenvalue weighted by molar-refractivity contribution is 8.04. The van der Waals surface area contributed by atoms with Gasteiger partial charge in [0.25, 0.3) is 0 Å². The SMILES string of the molecule is CC[C@H](C)[C@@H]([C@H](O)CC(=O)N1CCC[C@H]1[C@H](OC)[C@@H](C)C(N)=O)N(C)C(=O)[C@@H](NC(=O)[C@H](C(C)C)N(C)C(=O)OCc1ccc(NC(=O)[C@H](CCCNC(N)=O)NC(=O)[C@@H](NCC(=O)CCCCCC2C(=O)C=C(SC3CCCCCCCCCC3)C2=O)C(C)C)cc1)C(C)C. The lowest BCUT2D eigenvalue weighted by atomic mass is 9.89. The lowest BCUT2D eigenvalue weighted by molar-refractivity contribution is -0.146. The normalized spacial score (nSPS) is 19.4. The summed E-state index contributed by atoms with van der Waals surface area (Å²) in [6.07, 6.45) is 15.2. The van der Waals surface area contributed by atoms with E-state index in [0.29, 0.717) is 72.9 Å². The maximum absolute atomic E-state index is 14.5. The monoisotopic (exact) mass is 1360 g/mol. The van der Waals surface area contributed by atoms with Crippen LogP contribution in [0.15, 0.2) is 35.2 Å². The summed E-state index contributed by atoms with van der Waals surface area (Å²) in [5, 5.41) is 26.3. The Morgan fingerprint density at radius 2 is 1.36 bits per heavy atom. The Hall–Kier alpha value is -6.44. The zero-order valence-electron chi connectivity index (χ0n) is 59.4. The van der Waals surface area contributed by atoms with Crippen molar-refractivity contribution in [1.29, 1.82) is 0 Å². The molecule has 4 rings (SSSR count). The molecule has 1 unspecified atom stereocenters. The number of likely N-dealkylation sites (N-methyl/N-ethyl adjacent to an activating group) is 2. The van der Waals surface area contributed by atoms with Gasteiger partial charge in [-0.2, -0.15) is 0 Å². The summed E-state index contributed by atoms with van der Waals surface area (Å²) in [4.78, 5) is 152. The molecule has 2 fully saturated rings. The van der Waals surface area contributed by atoms with E-state index < -0.39 is 114 Å². The number of ether oxygens (including phenoxy) is 2. The predicted molar refractivity (Wildman–Crippen MR) is 372 cm³/mol. The van der Waals surface area contributed by atoms with Gasteiger partial charge in [0.05, 0.1) is 60.0 Å². The molecular weight excluding hydrogens is 1250 g/mol. The maximum atomic E-state index is 14.5. The first-order valence-electron chi connectivity index (χ1n) is 35.2. The predicted octanol–water partition coefficient (Wildman–Crippen LogP) is 7.85. The Morgan fingerprint density at radius 3 is 1.94 bits per heavy atom. The Bertz CT molecular complexity index is 2750. The van der Waals surface area contributed by atoms with Gasteiger partial charge < -0.3 is 57.1 Å². The number of primary amides is 2. The third kappa shape index (κ3) is 25.8. The fourth-order valence-electron chi connectivity index (χ4n) is 13.3. The number of ketones is 3. The summed E-state index contributed by atoms with van der Waals surface area (Å²) >= 11 is 1.60. The lowest BCUT2D eigenvalue weighted by Crippen LogP contribution is -2.60. The molecule has 11 atom stereocenters. The average Bonchev–Trinajstić information content (AvgIpc) is 1.90. The second kappa shape index (κ2) is 41.7. The van der Waals surface area contributed by atoms with Crippen molar-refractivity contribution in [2.45, 2.75) is 257 Å². The van der Waals surface area contributed by atoms with Crippen molar-refractivity contribution in [2.24, 2.45) is 47.0 Å². The molecule has 1 aromatic rings. The number of nitrogens with one attached hydrogen (secondary N) is 5. The van der Waals surface area contributed by atoms with Crippen LogP contribution in [-0.2, 0) is 59.2 Å². The molecule has 0 bridgehead atoms. The number of unbranched alkanes of at least 4 members (excludes halogenated alkanes) is 2. The van der Waals surface area contributed by atoms with Gasteiger partial charge in [-0.3, -0.25) is 53.4 Å². The standard InChI is InChI=1S/C71H116N10O14S/c1-13-46(8)62(56(84)40-58(85)81-38-26-32-54(81)64(94-12)47(9)65(72)87)79(10)69(91)60(44(4)5)78-68(90)61(45(6)7)80(11)71(93)95-42-48-33-35-49(36-34-48)76-66(88)53(31-25-37-74-70(73)92)77-67(89)59(43(2)3)75-41-50(82)27-21-20-24-30-52-55(83)39-57(63(52)86)96-51-28-22-18-16-14-15-17-19-23-29-51/h33-36,39,43-47,51-54,56,59-62,64,75,84H,13-32,37-38,40-42H2,1-12H3,(H2,72,87)(H,76,88)(H,77,89)(H,78,90)(H3,73,74,92)/t46-,47+,52?,53-,54-,56+,59-,60-,61-,62-,64+/m0/s1. The second-order valence-electron chi connectivity index (χ2n) is 27.8. The number of thioether (sulfide) groups is 1. The molecule has 1 aromatic carbocycles. The molecule has 0 spiro atoms. The number of nitrogens with two attached hydrogens (primary N) is 2. The Labute approximate surface area is 574 Å². The summed E-state index contributed by atoms with van der Waals surface area (Å²) in [7, 11) is 4.43. The minimum absolute atomic E-state index is 0.0646. The highest BCUT2D eigenvalue weighted by atomic mass is 32.2. The van der Waals surface area contributed by atoms with Crippen LogP contribution < -0.4 is 38.1 Å². The fraction of sp³-hybridized carbons (Fsp3) is 0.732. The number of benzene rings is 1. The fourth-order valence-corrected chi connectivity index (χ4v) is 14.7. The minimum Gasteiger partial charge on any atom is -0.445 e. The number of aliphatic hydroxyl groups excluding tert-OH is 1. The summed E-state index contributed by atoms with van der Waals surface area (Å²) < 4.78 is 11.3. The number of likely N-dealkylation sites (tertiary alicyclic amines) is 1. The van der Waals surface area contributed by atoms with Gasteiger partial charge in [0, 0.05) is 51.7 Å². The van der Waals surface area contributed by atoms with Gasteiger partial charge >= 0.3 is 12.1 Å². The molecule has 1 heterocycles. The third-order valence-electron chi connectivity index (χ3n) is 19.2. The van der Waals surface area contributed by atoms with Gasteiger partial charge in [-0.15, -0.1) is 11.8 Å². The average molecular weight is 1370 g/mol. The highest BCUT2D eigenvalue weighted by Crippen LogP contribution is 2.37. The van der Waals surface area contributed by atoms with E-state index in [2.05, 4.69) is 26.6 Å². The molecule has 24 nitrogen and oxygen atoms in total. The van der Waals surface area contributed by atoms with E-state index >= 15 is 0 Å². The zero-order chi connectivity index (χ0) is 71.3. The van der Waals surface area contributed by atoms with Gasteiger partial charge in [0.15, 0.2) is 11.6 Å². The van der Waals surface area contributed by atoms with Crippen molar-refractivity contribution >= 4 is 82.4 Å². The number of carbonyl (C=O) groups excluding carboxylic acids is 11. The summed E-state index contributed by atoms with van der Waals surface area (Å²) in [5.74, 6) is -6.14. The zero-order valence-corrected chi connectivity index (χ0v) is 60.2. The number of hydrogen-bond acceptors (Lipinski definition) is 16. The Balaban J connectivity index is 1.30. The van der Waals surface area contributed by atoms with E-state index in [1.54, 1.807) is 88.7 Å². The number of methoxy groups -OCH3 is 1. The number of urea groups is 1. The number of amides is 9. The molecule has 1 saturated carbocycles. The van der Waals surface area contributed by atoms with E-state index in [0.717, 1.165) is 30.6 Å². The van der Waals surface area contributed by atoms with Gasteiger partial charge in [-0.05, 0) is 98.8 Å². The van der Waals surface area contributed by atoms with Crippen molar-refractivity contribution in [3.63, 3.8) is 0 Å². The van der Waals surface area contributed by atoms with Crippen LogP contribution >= 0.6 is 11.8 Å². The van der Waals surface area contributed by atoms with Crippen LogP contribution in [0.3, 0.4) is 0 Å². The number of aliphatic hydroxyl groups is 1. The quantitative estimate of drug-likeness (QED) is 0.0231. The van der Waals surface area contributed by atoms with Crippen LogP contribution in [0.5, 0.6) is 0 Å². The summed E-state index contributed by atoms with van der Waals surface area (Å²) in [5.41, 5.74) is 11.8. The van der Waals surface area contributed by atoms with Gasteiger partial charge in [0.2, 0.25) is 35.4 Å². The molecule has 25 heteroatoms. The number of rotatable bonds is 38. The van der Waals surface area contributed by atoms with Gasteiger partial charge in [-0.25, -0.2) is 9.59 Å². The van der Waals surface area contributed by atoms with E-state index in [4.69, 9.17) is 20.9 Å². The number of nitrogens with zero attached hydrogens (tertiary/aromatic N) is 3. The molecule has 1 aliphatic heterocycles. The van der Waals surface area contributed by atoms with E-state index in [1.807, 2.05) is 27.7 Å². The van der Waals surface area contributed by atoms with Crippen molar-refractivity contribution in [3.05, 3.63) is 40.8 Å². The topological polar surface area (TPSA) is 348 Å². The Kier molecular flexibility index (Phi) is 35.6. The first kappa shape index (κ1) is 82.0. The molecule has 3 aliphatic rings. The van der Waals surface area contributed by atoms with Crippen LogP contribution in [0.4, 0.5) is 15.3 Å². The van der Waals surface area contributed by atoms with Gasteiger partial charge in [-0.1, -0.05) is 145 Å². The van der Waals surface area contributed by atoms with Crippen LogP contribution in [0, 0.1) is 35.5 Å². The largest absolute Gasteiger partial charge is 0.445 e. The summed E-state index contributed by atoms with van der Waals surface area (Å²) in [6, 6.07) is 0.333. The number of hydrogen-bond donors (Lipinski definition) is 8. The van der Waals surface area contributed by atoms with Crippen LogP contribution in [-0.4, -0.2) is 179 Å². The molecule has 96 heavy (non-hydrogen) atoms. The van der Waals surface area contributed by atoms with E-state index in [-0.39, 0.29) is 80.5 Å². The highest BCUT2D eigenvalue weighted by Gasteiger charge is 2.43. The van der Waals surface area contributed by atoms with E-state index in [1.165, 1.54) is 57.6 Å². The number of anilines is 1. The van der Waals surface area contributed by atoms with E-state index in [9.17, 15) is 57.8 Å².